The lowest BCUT2D eigenvalue weighted by atomic mass is 10.1. The highest BCUT2D eigenvalue weighted by atomic mass is 127. The van der Waals surface area contributed by atoms with Crippen molar-refractivity contribution in [2.24, 2.45) is 4.99 Å². The Hall–Kier alpha value is -0.410. The molecule has 1 saturated heterocycles. The van der Waals surface area contributed by atoms with Gasteiger partial charge in [0.05, 0.1) is 17.7 Å². The van der Waals surface area contributed by atoms with Crippen molar-refractivity contribution in [3.8, 4) is 0 Å². The summed E-state index contributed by atoms with van der Waals surface area (Å²) in [5.41, 5.74) is 2.98. The van der Waals surface area contributed by atoms with Gasteiger partial charge >= 0.3 is 0 Å². The van der Waals surface area contributed by atoms with Crippen molar-refractivity contribution in [2.75, 3.05) is 32.7 Å². The maximum Gasteiger partial charge on any atom is 0.191 e. The van der Waals surface area contributed by atoms with Gasteiger partial charge in [-0.15, -0.1) is 35.3 Å². The third-order valence-electron chi connectivity index (χ3n) is 3.74. The van der Waals surface area contributed by atoms with Crippen molar-refractivity contribution in [3.63, 3.8) is 0 Å². The largest absolute Gasteiger partial charge is 0.357 e. The number of piperidine rings is 1. The second-order valence-electron chi connectivity index (χ2n) is 5.39. The number of rotatable bonds is 6. The van der Waals surface area contributed by atoms with E-state index < -0.39 is 0 Å². The number of hydrogen-bond donors (Lipinski definition) is 2. The maximum atomic E-state index is 4.65. The SMILES string of the molecule is CCNC(=NCc1scnc1C)NCCN1CCCCC1.I. The summed E-state index contributed by atoms with van der Waals surface area (Å²) in [5, 5.41) is 6.74. The van der Waals surface area contributed by atoms with Crippen LogP contribution in [0.5, 0.6) is 0 Å². The molecule has 126 valence electrons. The van der Waals surface area contributed by atoms with Crippen molar-refractivity contribution >= 4 is 41.3 Å². The number of thiazole rings is 1. The van der Waals surface area contributed by atoms with Gasteiger partial charge in [-0.2, -0.15) is 0 Å². The van der Waals surface area contributed by atoms with Gasteiger partial charge < -0.3 is 15.5 Å². The first-order valence-corrected chi connectivity index (χ1v) is 8.81. The first-order chi connectivity index (χ1) is 10.3. The van der Waals surface area contributed by atoms with Gasteiger partial charge in [0.25, 0.3) is 0 Å². The van der Waals surface area contributed by atoms with Crippen LogP contribution in [0.4, 0.5) is 0 Å². The third kappa shape index (κ3) is 6.78. The lowest BCUT2D eigenvalue weighted by Gasteiger charge is -2.26. The summed E-state index contributed by atoms with van der Waals surface area (Å²) in [5.74, 6) is 0.905. The van der Waals surface area contributed by atoms with Gasteiger partial charge in [-0.05, 0) is 39.8 Å². The Balaban J connectivity index is 0.00000242. The summed E-state index contributed by atoms with van der Waals surface area (Å²) >= 11 is 1.67. The van der Waals surface area contributed by atoms with Crippen molar-refractivity contribution in [1.29, 1.82) is 0 Å². The molecule has 2 rings (SSSR count). The highest BCUT2D eigenvalue weighted by Crippen LogP contribution is 2.12. The first kappa shape index (κ1) is 19.6. The lowest BCUT2D eigenvalue weighted by molar-refractivity contribution is 0.232. The van der Waals surface area contributed by atoms with E-state index in [1.54, 1.807) is 11.3 Å². The van der Waals surface area contributed by atoms with Crippen LogP contribution in [0.3, 0.4) is 0 Å². The van der Waals surface area contributed by atoms with E-state index in [0.29, 0.717) is 6.54 Å². The molecule has 0 unspecified atom stereocenters. The Bertz CT molecular complexity index is 443. The number of hydrogen-bond acceptors (Lipinski definition) is 4. The lowest BCUT2D eigenvalue weighted by Crippen LogP contribution is -2.42. The Morgan fingerprint density at radius 2 is 2.09 bits per heavy atom. The molecule has 0 radical (unpaired) electrons. The minimum absolute atomic E-state index is 0. The average molecular weight is 437 g/mol. The standard InChI is InChI=1S/C15H27N5S.HI/c1-3-16-15(18-11-14-13(2)19-12-21-14)17-7-10-20-8-5-4-6-9-20;/h12H,3-11H2,1-2H3,(H2,16,17,18);1H. The zero-order valence-electron chi connectivity index (χ0n) is 13.6. The minimum Gasteiger partial charge on any atom is -0.357 e. The normalized spacial score (nSPS) is 16.2. The fourth-order valence-electron chi connectivity index (χ4n) is 2.49. The van der Waals surface area contributed by atoms with E-state index in [4.69, 9.17) is 0 Å². The Morgan fingerprint density at radius 3 is 2.73 bits per heavy atom. The molecular formula is C15H28IN5S. The second-order valence-corrected chi connectivity index (χ2v) is 6.32. The molecule has 0 atom stereocenters. The fraction of sp³-hybridized carbons (Fsp3) is 0.733. The number of aliphatic imine (C=N–C) groups is 1. The zero-order valence-corrected chi connectivity index (χ0v) is 16.7. The Kier molecular flexibility index (Phi) is 9.98. The van der Waals surface area contributed by atoms with Gasteiger partial charge in [0.15, 0.2) is 5.96 Å². The molecule has 1 fully saturated rings. The van der Waals surface area contributed by atoms with Gasteiger partial charge in [-0.3, -0.25) is 0 Å². The topological polar surface area (TPSA) is 52.6 Å². The predicted molar refractivity (Wildman–Crippen MR) is 105 cm³/mol. The fourth-order valence-corrected chi connectivity index (χ4v) is 3.19. The summed E-state index contributed by atoms with van der Waals surface area (Å²) in [6.45, 7) is 10.3. The van der Waals surface area contributed by atoms with Crippen molar-refractivity contribution in [1.82, 2.24) is 20.5 Å². The van der Waals surface area contributed by atoms with E-state index in [-0.39, 0.29) is 24.0 Å². The predicted octanol–water partition coefficient (Wildman–Crippen LogP) is 2.61. The number of guanidine groups is 1. The van der Waals surface area contributed by atoms with E-state index in [1.165, 1.54) is 37.2 Å². The summed E-state index contributed by atoms with van der Waals surface area (Å²) in [4.78, 5) is 12.7. The quantitative estimate of drug-likeness (QED) is 0.408. The van der Waals surface area contributed by atoms with Crippen LogP contribution in [-0.4, -0.2) is 48.6 Å². The van der Waals surface area contributed by atoms with Gasteiger partial charge in [-0.1, -0.05) is 6.42 Å². The van der Waals surface area contributed by atoms with E-state index >= 15 is 0 Å². The second kappa shape index (κ2) is 11.2. The highest BCUT2D eigenvalue weighted by molar-refractivity contribution is 14.0. The number of nitrogens with one attached hydrogen (secondary N) is 2. The van der Waals surface area contributed by atoms with E-state index in [0.717, 1.165) is 31.3 Å². The van der Waals surface area contributed by atoms with Crippen LogP contribution in [0.2, 0.25) is 0 Å². The molecule has 0 saturated carbocycles. The average Bonchev–Trinajstić information content (AvgIpc) is 2.91. The van der Waals surface area contributed by atoms with Gasteiger partial charge in [0.1, 0.15) is 0 Å². The van der Waals surface area contributed by atoms with Gasteiger partial charge in [0, 0.05) is 24.5 Å². The third-order valence-corrected chi connectivity index (χ3v) is 4.66. The van der Waals surface area contributed by atoms with Gasteiger partial charge in [-0.25, -0.2) is 9.98 Å². The Morgan fingerprint density at radius 1 is 1.32 bits per heavy atom. The summed E-state index contributed by atoms with van der Waals surface area (Å²) < 4.78 is 0. The molecule has 0 amide bonds. The highest BCUT2D eigenvalue weighted by Gasteiger charge is 2.09. The number of likely N-dealkylation sites (tertiary alicyclic amines) is 1. The molecule has 0 spiro atoms. The molecule has 1 aliphatic heterocycles. The van der Waals surface area contributed by atoms with E-state index in [1.807, 2.05) is 12.4 Å². The number of aromatic nitrogens is 1. The molecule has 22 heavy (non-hydrogen) atoms. The van der Waals surface area contributed by atoms with Crippen LogP contribution in [-0.2, 0) is 6.54 Å². The molecule has 1 aromatic rings. The molecule has 0 aromatic carbocycles. The maximum absolute atomic E-state index is 4.65. The molecule has 1 aromatic heterocycles. The van der Waals surface area contributed by atoms with Crippen LogP contribution in [0.25, 0.3) is 0 Å². The number of nitrogens with zero attached hydrogens (tertiary/aromatic N) is 3. The monoisotopic (exact) mass is 437 g/mol. The van der Waals surface area contributed by atoms with Crippen LogP contribution >= 0.6 is 35.3 Å². The summed E-state index contributed by atoms with van der Waals surface area (Å²) in [7, 11) is 0. The van der Waals surface area contributed by atoms with Crippen LogP contribution in [0, 0.1) is 6.92 Å². The van der Waals surface area contributed by atoms with Gasteiger partial charge in [0.2, 0.25) is 0 Å². The number of aryl methyl sites for hydroxylation is 1. The molecule has 5 nitrogen and oxygen atoms in total. The van der Waals surface area contributed by atoms with Crippen molar-refractivity contribution in [2.45, 2.75) is 39.7 Å². The summed E-state index contributed by atoms with van der Waals surface area (Å²) in [6, 6.07) is 0. The van der Waals surface area contributed by atoms with Crippen molar-refractivity contribution < 1.29 is 0 Å². The first-order valence-electron chi connectivity index (χ1n) is 7.93. The van der Waals surface area contributed by atoms with Crippen LogP contribution in [0.1, 0.15) is 36.8 Å². The Labute approximate surface area is 155 Å². The van der Waals surface area contributed by atoms with Crippen LogP contribution < -0.4 is 10.6 Å². The minimum atomic E-state index is 0. The number of halogens is 1. The zero-order chi connectivity index (χ0) is 14.9. The summed E-state index contributed by atoms with van der Waals surface area (Å²) in [6.07, 6.45) is 4.08. The molecule has 0 bridgehead atoms. The molecular weight excluding hydrogens is 409 g/mol. The molecule has 7 heteroatoms. The molecule has 2 heterocycles. The van der Waals surface area contributed by atoms with E-state index in [9.17, 15) is 0 Å². The molecule has 0 aliphatic carbocycles. The molecule has 1 aliphatic rings. The smallest absolute Gasteiger partial charge is 0.191 e. The van der Waals surface area contributed by atoms with Crippen molar-refractivity contribution in [3.05, 3.63) is 16.1 Å². The van der Waals surface area contributed by atoms with Crippen LogP contribution in [0.15, 0.2) is 10.5 Å². The molecule has 2 N–H and O–H groups in total. The van der Waals surface area contributed by atoms with E-state index in [2.05, 4.69) is 32.4 Å².